The molecule has 0 unspecified atom stereocenters. The van der Waals surface area contributed by atoms with E-state index in [1.807, 2.05) is 0 Å². The van der Waals surface area contributed by atoms with Gasteiger partial charge in [-0.05, 0) is 39.0 Å². The lowest BCUT2D eigenvalue weighted by atomic mass is 9.97. The van der Waals surface area contributed by atoms with Gasteiger partial charge in [0.25, 0.3) is 0 Å². The summed E-state index contributed by atoms with van der Waals surface area (Å²) in [6.07, 6.45) is 0.232. The van der Waals surface area contributed by atoms with Crippen LogP contribution >= 0.6 is 0 Å². The average molecular weight is 234 g/mol. The molecule has 0 fully saturated rings. The van der Waals surface area contributed by atoms with Gasteiger partial charge in [-0.3, -0.25) is 9.59 Å². The first-order valence-electron chi connectivity index (χ1n) is 5.42. The zero-order chi connectivity index (χ0) is 12.6. The van der Waals surface area contributed by atoms with Gasteiger partial charge in [-0.15, -0.1) is 0 Å². The van der Waals surface area contributed by atoms with Crippen molar-refractivity contribution in [3.63, 3.8) is 0 Å². The molecule has 2 rings (SSSR count). The van der Waals surface area contributed by atoms with Crippen LogP contribution in [0.2, 0.25) is 0 Å². The molecule has 0 saturated heterocycles. The number of carbonyl (C=O) groups excluding carboxylic acids is 2. The zero-order valence-electron chi connectivity index (χ0n) is 10.1. The van der Waals surface area contributed by atoms with E-state index in [1.54, 1.807) is 39.0 Å². The maximum absolute atomic E-state index is 11.7. The Bertz CT molecular complexity index is 483. The van der Waals surface area contributed by atoms with Crippen LogP contribution in [0.15, 0.2) is 18.2 Å². The first-order valence-corrected chi connectivity index (χ1v) is 5.42. The number of benzene rings is 1. The van der Waals surface area contributed by atoms with E-state index >= 15 is 0 Å². The molecule has 0 radical (unpaired) electrons. The monoisotopic (exact) mass is 234 g/mol. The van der Waals surface area contributed by atoms with Gasteiger partial charge in [0.05, 0.1) is 11.8 Å². The first-order chi connectivity index (χ1) is 7.86. The molecule has 4 heteroatoms. The Kier molecular flexibility index (Phi) is 2.65. The molecule has 0 amide bonds. The highest BCUT2D eigenvalue weighted by Gasteiger charge is 2.25. The molecule has 1 aromatic rings. The van der Waals surface area contributed by atoms with Crippen LogP contribution in [0.5, 0.6) is 11.5 Å². The van der Waals surface area contributed by atoms with Crippen molar-refractivity contribution in [1.29, 1.82) is 0 Å². The Hall–Kier alpha value is -1.84. The summed E-state index contributed by atoms with van der Waals surface area (Å²) in [6, 6.07) is 4.94. The van der Waals surface area contributed by atoms with Gasteiger partial charge in [-0.25, -0.2) is 0 Å². The van der Waals surface area contributed by atoms with Crippen molar-refractivity contribution < 1.29 is 19.1 Å². The van der Waals surface area contributed by atoms with Crippen molar-refractivity contribution in [2.75, 3.05) is 0 Å². The second-order valence-electron chi connectivity index (χ2n) is 5.06. The van der Waals surface area contributed by atoms with Gasteiger partial charge in [-0.1, -0.05) is 0 Å². The first kappa shape index (κ1) is 11.6. The SMILES string of the molecule is CC(C)(C)C(=O)Oc1ccc2c(c1)CC(=O)O2. The summed E-state index contributed by atoms with van der Waals surface area (Å²) in [7, 11) is 0. The van der Waals surface area contributed by atoms with Gasteiger partial charge < -0.3 is 9.47 Å². The van der Waals surface area contributed by atoms with Gasteiger partial charge in [0.15, 0.2) is 0 Å². The van der Waals surface area contributed by atoms with Crippen LogP contribution in [0.3, 0.4) is 0 Å². The quantitative estimate of drug-likeness (QED) is 0.551. The van der Waals surface area contributed by atoms with Crippen LogP contribution in [0.25, 0.3) is 0 Å². The van der Waals surface area contributed by atoms with Crippen molar-refractivity contribution in [2.45, 2.75) is 27.2 Å². The summed E-state index contributed by atoms with van der Waals surface area (Å²) in [5.74, 6) is 0.412. The molecule has 0 bridgehead atoms. The van der Waals surface area contributed by atoms with E-state index in [1.165, 1.54) is 0 Å². The van der Waals surface area contributed by atoms with Crippen LogP contribution in [0, 0.1) is 5.41 Å². The van der Waals surface area contributed by atoms with E-state index in [2.05, 4.69) is 0 Å². The highest BCUT2D eigenvalue weighted by molar-refractivity contribution is 5.82. The van der Waals surface area contributed by atoms with Crippen molar-refractivity contribution in [3.8, 4) is 11.5 Å². The molecule has 4 nitrogen and oxygen atoms in total. The van der Waals surface area contributed by atoms with Crippen LogP contribution in [-0.2, 0) is 16.0 Å². The molecule has 90 valence electrons. The van der Waals surface area contributed by atoms with Crippen molar-refractivity contribution in [1.82, 2.24) is 0 Å². The minimum Gasteiger partial charge on any atom is -0.426 e. The standard InChI is InChI=1S/C13H14O4/c1-13(2,3)12(15)16-9-4-5-10-8(6-9)7-11(14)17-10/h4-6H,7H2,1-3H3. The Balaban J connectivity index is 2.17. The summed E-state index contributed by atoms with van der Waals surface area (Å²) in [5, 5.41) is 0. The molecule has 1 aliphatic rings. The molecule has 1 heterocycles. The second kappa shape index (κ2) is 3.87. The van der Waals surface area contributed by atoms with Crippen LogP contribution in [-0.4, -0.2) is 11.9 Å². The van der Waals surface area contributed by atoms with Gasteiger partial charge >= 0.3 is 11.9 Å². The lowest BCUT2D eigenvalue weighted by Crippen LogP contribution is -2.25. The number of esters is 2. The third-order valence-electron chi connectivity index (χ3n) is 2.41. The summed E-state index contributed by atoms with van der Waals surface area (Å²) in [5.41, 5.74) is 0.208. The maximum Gasteiger partial charge on any atom is 0.316 e. The van der Waals surface area contributed by atoms with Crippen molar-refractivity contribution in [2.24, 2.45) is 5.41 Å². The molecular weight excluding hydrogens is 220 g/mol. The minimum absolute atomic E-state index is 0.232. The predicted octanol–water partition coefficient (Wildman–Crippen LogP) is 2.10. The average Bonchev–Trinajstić information content (AvgIpc) is 2.55. The Morgan fingerprint density at radius 1 is 1.35 bits per heavy atom. The minimum atomic E-state index is -0.550. The maximum atomic E-state index is 11.7. The number of hydrogen-bond acceptors (Lipinski definition) is 4. The topological polar surface area (TPSA) is 52.6 Å². The van der Waals surface area contributed by atoms with Crippen LogP contribution in [0.4, 0.5) is 0 Å². The van der Waals surface area contributed by atoms with Gasteiger partial charge in [-0.2, -0.15) is 0 Å². The molecule has 0 aliphatic carbocycles. The zero-order valence-corrected chi connectivity index (χ0v) is 10.1. The van der Waals surface area contributed by atoms with Gasteiger partial charge in [0.2, 0.25) is 0 Å². The van der Waals surface area contributed by atoms with Crippen molar-refractivity contribution >= 4 is 11.9 Å². The molecule has 1 aromatic carbocycles. The second-order valence-corrected chi connectivity index (χ2v) is 5.06. The number of fused-ring (bicyclic) bond motifs is 1. The molecule has 0 spiro atoms. The molecule has 1 aliphatic heterocycles. The predicted molar refractivity (Wildman–Crippen MR) is 60.9 cm³/mol. The van der Waals surface area contributed by atoms with E-state index in [9.17, 15) is 9.59 Å². The fraction of sp³-hybridized carbons (Fsp3) is 0.385. The van der Waals surface area contributed by atoms with Gasteiger partial charge in [0.1, 0.15) is 11.5 Å². The lowest BCUT2D eigenvalue weighted by Gasteiger charge is -2.16. The van der Waals surface area contributed by atoms with E-state index < -0.39 is 5.41 Å². The van der Waals surface area contributed by atoms with Crippen molar-refractivity contribution in [3.05, 3.63) is 23.8 Å². The molecule has 0 saturated carbocycles. The third-order valence-corrected chi connectivity index (χ3v) is 2.41. The molecular formula is C13H14O4. The summed E-state index contributed by atoms with van der Waals surface area (Å²) in [4.78, 5) is 22.7. The Morgan fingerprint density at radius 2 is 2.06 bits per heavy atom. The normalized spacial score (nSPS) is 14.2. The lowest BCUT2D eigenvalue weighted by molar-refractivity contribution is -0.143. The van der Waals surface area contributed by atoms with E-state index in [0.717, 1.165) is 5.56 Å². The third kappa shape index (κ3) is 2.46. The number of ether oxygens (including phenoxy) is 2. The fourth-order valence-electron chi connectivity index (χ4n) is 1.43. The summed E-state index contributed by atoms with van der Waals surface area (Å²) < 4.78 is 10.2. The number of rotatable bonds is 1. The van der Waals surface area contributed by atoms with E-state index in [-0.39, 0.29) is 18.4 Å². The number of hydrogen-bond donors (Lipinski definition) is 0. The molecule has 0 aromatic heterocycles. The highest BCUT2D eigenvalue weighted by atomic mass is 16.5. The smallest absolute Gasteiger partial charge is 0.316 e. The van der Waals surface area contributed by atoms with E-state index in [4.69, 9.17) is 9.47 Å². The van der Waals surface area contributed by atoms with E-state index in [0.29, 0.717) is 11.5 Å². The fourth-order valence-corrected chi connectivity index (χ4v) is 1.43. The van der Waals surface area contributed by atoms with Gasteiger partial charge in [0, 0.05) is 5.56 Å². The molecule has 0 N–H and O–H groups in total. The highest BCUT2D eigenvalue weighted by Crippen LogP contribution is 2.30. The molecule has 0 atom stereocenters. The largest absolute Gasteiger partial charge is 0.426 e. The number of carbonyl (C=O) groups is 2. The Labute approximate surface area is 99.5 Å². The van der Waals surface area contributed by atoms with Crippen LogP contribution < -0.4 is 9.47 Å². The molecule has 17 heavy (non-hydrogen) atoms. The van der Waals surface area contributed by atoms with Crippen LogP contribution in [0.1, 0.15) is 26.3 Å². The Morgan fingerprint density at radius 3 is 2.71 bits per heavy atom. The summed E-state index contributed by atoms with van der Waals surface area (Å²) in [6.45, 7) is 5.36. The summed E-state index contributed by atoms with van der Waals surface area (Å²) >= 11 is 0.